The number of amides is 2. The van der Waals surface area contributed by atoms with Crippen molar-refractivity contribution in [3.05, 3.63) is 0 Å². The lowest BCUT2D eigenvalue weighted by Gasteiger charge is -2.39. The van der Waals surface area contributed by atoms with E-state index in [9.17, 15) is 9.59 Å². The number of rotatable bonds is 4. The first-order valence-electron chi connectivity index (χ1n) is 6.99. The summed E-state index contributed by atoms with van der Waals surface area (Å²) >= 11 is 0. The molecule has 0 bridgehead atoms. The van der Waals surface area contributed by atoms with Crippen molar-refractivity contribution in [3.63, 3.8) is 0 Å². The van der Waals surface area contributed by atoms with E-state index in [1.807, 2.05) is 0 Å². The largest absolute Gasteiger partial charge is 0.370 e. The molecule has 4 N–H and O–H groups in total. The minimum absolute atomic E-state index is 0.0141. The van der Waals surface area contributed by atoms with E-state index in [0.29, 0.717) is 12.6 Å². The zero-order valence-corrected chi connectivity index (χ0v) is 10.8. The number of nitrogens with two attached hydrogens (primary N) is 1. The topological polar surface area (TPSA) is 84.2 Å². The number of primary amides is 1. The standard InChI is InChI=1S/C13H23N3O2/c14-12(17)7-8-15-13(18)11-6-5-9-3-1-2-4-10(9)16-11/h9-11,16H,1-8H2,(H2,14,17)(H,15,18). The van der Waals surface area contributed by atoms with Crippen molar-refractivity contribution in [3.8, 4) is 0 Å². The Labute approximate surface area is 108 Å². The summed E-state index contributed by atoms with van der Waals surface area (Å²) in [7, 11) is 0. The van der Waals surface area contributed by atoms with Crippen molar-refractivity contribution in [2.45, 2.75) is 57.0 Å². The maximum atomic E-state index is 11.9. The van der Waals surface area contributed by atoms with Gasteiger partial charge >= 0.3 is 0 Å². The number of hydrogen-bond donors (Lipinski definition) is 3. The summed E-state index contributed by atoms with van der Waals surface area (Å²) in [5.74, 6) is 0.396. The molecule has 2 aliphatic rings. The molecule has 1 saturated heterocycles. The Hall–Kier alpha value is -1.10. The third-order valence-electron chi connectivity index (χ3n) is 4.14. The van der Waals surface area contributed by atoms with Gasteiger partial charge in [0, 0.05) is 19.0 Å². The van der Waals surface area contributed by atoms with E-state index in [0.717, 1.165) is 18.8 Å². The Balaban J connectivity index is 1.75. The lowest BCUT2D eigenvalue weighted by molar-refractivity contribution is -0.124. The number of nitrogens with one attached hydrogen (secondary N) is 2. The lowest BCUT2D eigenvalue weighted by Crippen LogP contribution is -2.55. The molecule has 1 aliphatic carbocycles. The van der Waals surface area contributed by atoms with Crippen LogP contribution in [-0.4, -0.2) is 30.4 Å². The van der Waals surface area contributed by atoms with Crippen molar-refractivity contribution < 1.29 is 9.59 Å². The zero-order chi connectivity index (χ0) is 13.0. The van der Waals surface area contributed by atoms with Crippen LogP contribution in [0.4, 0.5) is 0 Å². The summed E-state index contributed by atoms with van der Waals surface area (Å²) in [4.78, 5) is 22.5. The van der Waals surface area contributed by atoms with Gasteiger partial charge in [0.05, 0.1) is 6.04 Å². The van der Waals surface area contributed by atoms with E-state index < -0.39 is 0 Å². The van der Waals surface area contributed by atoms with E-state index in [-0.39, 0.29) is 24.3 Å². The van der Waals surface area contributed by atoms with Crippen molar-refractivity contribution in [2.24, 2.45) is 11.7 Å². The van der Waals surface area contributed by atoms with E-state index in [1.54, 1.807) is 0 Å². The third kappa shape index (κ3) is 3.45. The van der Waals surface area contributed by atoms with Crippen molar-refractivity contribution in [1.82, 2.24) is 10.6 Å². The van der Waals surface area contributed by atoms with Crippen LogP contribution in [0.2, 0.25) is 0 Å². The molecule has 5 heteroatoms. The Kier molecular flexibility index (Phi) is 4.58. The summed E-state index contributed by atoms with van der Waals surface area (Å²) in [6.45, 7) is 0.348. The third-order valence-corrected chi connectivity index (χ3v) is 4.14. The number of carbonyl (C=O) groups is 2. The zero-order valence-electron chi connectivity index (χ0n) is 10.8. The maximum absolute atomic E-state index is 11.9. The highest BCUT2D eigenvalue weighted by atomic mass is 16.2. The molecule has 2 rings (SSSR count). The van der Waals surface area contributed by atoms with E-state index in [4.69, 9.17) is 5.73 Å². The first-order valence-corrected chi connectivity index (χ1v) is 6.99. The van der Waals surface area contributed by atoms with Crippen LogP contribution >= 0.6 is 0 Å². The predicted octanol–water partition coefficient (Wildman–Crippen LogP) is 0.289. The molecular weight excluding hydrogens is 230 g/mol. The maximum Gasteiger partial charge on any atom is 0.237 e. The summed E-state index contributed by atoms with van der Waals surface area (Å²) in [5.41, 5.74) is 5.04. The molecule has 3 unspecified atom stereocenters. The van der Waals surface area contributed by atoms with Gasteiger partial charge < -0.3 is 16.4 Å². The highest BCUT2D eigenvalue weighted by Gasteiger charge is 2.34. The first kappa shape index (κ1) is 13.3. The van der Waals surface area contributed by atoms with Crippen LogP contribution in [0.15, 0.2) is 0 Å². The second-order valence-electron chi connectivity index (χ2n) is 5.45. The van der Waals surface area contributed by atoms with Crippen LogP contribution < -0.4 is 16.4 Å². The normalized spacial score (nSPS) is 31.4. The van der Waals surface area contributed by atoms with Gasteiger partial charge in [-0.2, -0.15) is 0 Å². The van der Waals surface area contributed by atoms with Crippen molar-refractivity contribution in [1.29, 1.82) is 0 Å². The van der Waals surface area contributed by atoms with Gasteiger partial charge in [-0.05, 0) is 31.6 Å². The van der Waals surface area contributed by atoms with Crippen LogP contribution in [0.5, 0.6) is 0 Å². The Morgan fingerprint density at radius 2 is 1.94 bits per heavy atom. The smallest absolute Gasteiger partial charge is 0.237 e. The summed E-state index contributed by atoms with van der Waals surface area (Å²) < 4.78 is 0. The molecule has 0 aromatic carbocycles. The van der Waals surface area contributed by atoms with Crippen LogP contribution in [0.1, 0.15) is 44.9 Å². The average molecular weight is 253 g/mol. The molecule has 0 spiro atoms. The highest BCUT2D eigenvalue weighted by molar-refractivity contribution is 5.82. The molecule has 18 heavy (non-hydrogen) atoms. The SMILES string of the molecule is NC(=O)CCNC(=O)C1CCC2CCCCC2N1. The molecule has 0 aromatic heterocycles. The van der Waals surface area contributed by atoms with Gasteiger partial charge in [0.1, 0.15) is 0 Å². The molecule has 1 heterocycles. The number of carbonyl (C=O) groups excluding carboxylic acids is 2. The summed E-state index contributed by atoms with van der Waals surface area (Å²) in [6, 6.07) is 0.427. The van der Waals surface area contributed by atoms with Crippen molar-refractivity contribution >= 4 is 11.8 Å². The molecule has 5 nitrogen and oxygen atoms in total. The lowest BCUT2D eigenvalue weighted by atomic mass is 9.77. The number of piperidine rings is 1. The minimum atomic E-state index is -0.376. The molecule has 0 aromatic rings. The Morgan fingerprint density at radius 1 is 1.17 bits per heavy atom. The quantitative estimate of drug-likeness (QED) is 0.673. The van der Waals surface area contributed by atoms with Gasteiger partial charge in [-0.15, -0.1) is 0 Å². The monoisotopic (exact) mass is 253 g/mol. The van der Waals surface area contributed by atoms with E-state index in [1.165, 1.54) is 25.7 Å². The minimum Gasteiger partial charge on any atom is -0.370 e. The number of hydrogen-bond acceptors (Lipinski definition) is 3. The fraction of sp³-hybridized carbons (Fsp3) is 0.846. The molecule has 1 aliphatic heterocycles. The van der Waals surface area contributed by atoms with Crippen LogP contribution in [0.3, 0.4) is 0 Å². The van der Waals surface area contributed by atoms with Crippen LogP contribution in [0.25, 0.3) is 0 Å². The predicted molar refractivity (Wildman–Crippen MR) is 68.7 cm³/mol. The molecule has 3 atom stereocenters. The fourth-order valence-corrected chi connectivity index (χ4v) is 3.13. The van der Waals surface area contributed by atoms with E-state index in [2.05, 4.69) is 10.6 Å². The van der Waals surface area contributed by atoms with Crippen molar-refractivity contribution in [2.75, 3.05) is 6.54 Å². The molecule has 1 saturated carbocycles. The molecule has 0 radical (unpaired) electrons. The fourth-order valence-electron chi connectivity index (χ4n) is 3.13. The summed E-state index contributed by atoms with van der Waals surface area (Å²) in [5, 5.41) is 6.24. The second kappa shape index (κ2) is 6.18. The second-order valence-corrected chi connectivity index (χ2v) is 5.45. The molecular formula is C13H23N3O2. The Morgan fingerprint density at radius 3 is 2.72 bits per heavy atom. The van der Waals surface area contributed by atoms with Gasteiger partial charge in [0.2, 0.25) is 11.8 Å². The van der Waals surface area contributed by atoms with Gasteiger partial charge in [-0.1, -0.05) is 12.8 Å². The van der Waals surface area contributed by atoms with Gasteiger partial charge in [-0.25, -0.2) is 0 Å². The van der Waals surface area contributed by atoms with E-state index >= 15 is 0 Å². The first-order chi connectivity index (χ1) is 8.66. The average Bonchev–Trinajstić information content (AvgIpc) is 2.37. The van der Waals surface area contributed by atoms with Gasteiger partial charge in [-0.3, -0.25) is 9.59 Å². The molecule has 2 fully saturated rings. The van der Waals surface area contributed by atoms with Gasteiger partial charge in [0.15, 0.2) is 0 Å². The van der Waals surface area contributed by atoms with Gasteiger partial charge in [0.25, 0.3) is 0 Å². The van der Waals surface area contributed by atoms with Crippen LogP contribution in [-0.2, 0) is 9.59 Å². The number of fused-ring (bicyclic) bond motifs is 1. The van der Waals surface area contributed by atoms with Crippen LogP contribution in [0, 0.1) is 5.92 Å². The molecule has 2 amide bonds. The summed E-state index contributed by atoms with van der Waals surface area (Å²) in [6.07, 6.45) is 7.35. The highest BCUT2D eigenvalue weighted by Crippen LogP contribution is 2.32. The Bertz CT molecular complexity index is 319. The molecule has 102 valence electrons.